The Hall–Kier alpha value is -3.26. The van der Waals surface area contributed by atoms with Crippen LogP contribution >= 0.6 is 0 Å². The maximum atomic E-state index is 13.5. The van der Waals surface area contributed by atoms with Crippen LogP contribution in [0.4, 0.5) is 5.82 Å². The lowest BCUT2D eigenvalue weighted by Crippen LogP contribution is -2.53. The van der Waals surface area contributed by atoms with Gasteiger partial charge in [-0.05, 0) is 62.6 Å². The third-order valence-electron chi connectivity index (χ3n) is 6.89. The molecule has 1 aliphatic rings. The Balaban J connectivity index is 1.73. The molecule has 0 saturated heterocycles. The number of benzene rings is 1. The lowest BCUT2D eigenvalue weighted by molar-refractivity contribution is -0.166. The van der Waals surface area contributed by atoms with Crippen molar-refractivity contribution in [1.82, 2.24) is 15.4 Å². The highest BCUT2D eigenvalue weighted by Crippen LogP contribution is 2.28. The summed E-state index contributed by atoms with van der Waals surface area (Å²) < 4.78 is 0. The molecule has 1 saturated carbocycles. The summed E-state index contributed by atoms with van der Waals surface area (Å²) in [6.45, 7) is 1.64. The van der Waals surface area contributed by atoms with Crippen molar-refractivity contribution in [2.45, 2.75) is 70.4 Å². The van der Waals surface area contributed by atoms with Gasteiger partial charge in [-0.25, -0.2) is 10.0 Å². The van der Waals surface area contributed by atoms with E-state index in [0.717, 1.165) is 44.1 Å². The average Bonchev–Trinajstić information content (AvgIpc) is 2.90. The standard InChI is InChI=1S/C27H36N4O4/c1-20(31(35)19-32)23(16-10-13-21-11-4-2-5-12-21)26(33)30-25(22-14-6-3-7-15-22)27(34)29-24-17-8-9-18-28-24/h2,4-5,8-9,11-12,17-20,22-23,25,35H,3,6-7,10,13-16H2,1H3,(H,30,33)(H,28,29,34)/t20-,23+,25-/m0/s1. The number of carbonyl (C=O) groups excluding carboxylic acids is 3. The average molecular weight is 481 g/mol. The van der Waals surface area contributed by atoms with Gasteiger partial charge in [-0.1, -0.05) is 55.7 Å². The third-order valence-corrected chi connectivity index (χ3v) is 6.89. The van der Waals surface area contributed by atoms with Crippen molar-refractivity contribution in [3.63, 3.8) is 0 Å². The monoisotopic (exact) mass is 480 g/mol. The van der Waals surface area contributed by atoms with Crippen molar-refractivity contribution in [3.05, 3.63) is 60.3 Å². The van der Waals surface area contributed by atoms with Gasteiger partial charge in [0.05, 0.1) is 12.0 Å². The van der Waals surface area contributed by atoms with Crippen LogP contribution in [0, 0.1) is 11.8 Å². The van der Waals surface area contributed by atoms with Crippen LogP contribution in [0.5, 0.6) is 0 Å². The van der Waals surface area contributed by atoms with Gasteiger partial charge in [0, 0.05) is 6.20 Å². The largest absolute Gasteiger partial charge is 0.344 e. The summed E-state index contributed by atoms with van der Waals surface area (Å²) in [5.74, 6) is -0.840. The molecule has 2 aromatic rings. The van der Waals surface area contributed by atoms with Crippen molar-refractivity contribution < 1.29 is 19.6 Å². The lowest BCUT2D eigenvalue weighted by atomic mass is 9.83. The number of hydrogen-bond acceptors (Lipinski definition) is 5. The second-order valence-electron chi connectivity index (χ2n) is 9.30. The van der Waals surface area contributed by atoms with Gasteiger partial charge < -0.3 is 10.6 Å². The zero-order valence-electron chi connectivity index (χ0n) is 20.3. The normalized spacial score (nSPS) is 16.5. The minimum absolute atomic E-state index is 0.0213. The summed E-state index contributed by atoms with van der Waals surface area (Å²) in [6, 6.07) is 13.8. The van der Waals surface area contributed by atoms with Gasteiger partial charge in [-0.3, -0.25) is 19.6 Å². The number of amides is 3. The topological polar surface area (TPSA) is 112 Å². The van der Waals surface area contributed by atoms with Crippen LogP contribution in [0.15, 0.2) is 54.7 Å². The first kappa shape index (κ1) is 26.3. The van der Waals surface area contributed by atoms with E-state index in [4.69, 9.17) is 0 Å². The Bertz CT molecular complexity index is 935. The van der Waals surface area contributed by atoms with Crippen LogP contribution in [0.1, 0.15) is 57.4 Å². The first-order valence-corrected chi connectivity index (χ1v) is 12.5. The van der Waals surface area contributed by atoms with Gasteiger partial charge in [-0.2, -0.15) is 0 Å². The SMILES string of the molecule is C[C@@H]([C@@H](CCCc1ccccc1)C(=O)N[C@H](C(=O)Nc1ccccn1)C1CCCCC1)N(O)C=O. The van der Waals surface area contributed by atoms with Gasteiger partial charge in [0.15, 0.2) is 0 Å². The highest BCUT2D eigenvalue weighted by Gasteiger charge is 2.35. The van der Waals surface area contributed by atoms with E-state index < -0.39 is 18.0 Å². The van der Waals surface area contributed by atoms with E-state index in [9.17, 15) is 19.6 Å². The number of nitrogens with one attached hydrogen (secondary N) is 2. The number of hydrogen-bond donors (Lipinski definition) is 3. The van der Waals surface area contributed by atoms with Gasteiger partial charge >= 0.3 is 0 Å². The molecular formula is C27H36N4O4. The summed E-state index contributed by atoms with van der Waals surface area (Å²) >= 11 is 0. The van der Waals surface area contributed by atoms with E-state index in [1.165, 1.54) is 0 Å². The van der Waals surface area contributed by atoms with Crippen molar-refractivity contribution in [2.75, 3.05) is 5.32 Å². The zero-order valence-corrected chi connectivity index (χ0v) is 20.3. The summed E-state index contributed by atoms with van der Waals surface area (Å²) in [6.07, 6.45) is 8.72. The van der Waals surface area contributed by atoms with Crippen molar-refractivity contribution in [3.8, 4) is 0 Å². The fraction of sp³-hybridized carbons (Fsp3) is 0.481. The Morgan fingerprint density at radius 3 is 2.46 bits per heavy atom. The molecule has 1 aromatic carbocycles. The molecule has 3 atom stereocenters. The maximum absolute atomic E-state index is 13.5. The van der Waals surface area contributed by atoms with E-state index in [1.54, 1.807) is 31.3 Å². The maximum Gasteiger partial charge on any atom is 0.248 e. The molecule has 8 heteroatoms. The highest BCUT2D eigenvalue weighted by molar-refractivity contribution is 5.97. The van der Waals surface area contributed by atoms with Gasteiger partial charge in [0.2, 0.25) is 18.2 Å². The number of anilines is 1. The first-order valence-electron chi connectivity index (χ1n) is 12.5. The Kier molecular flexibility index (Phi) is 10.2. The number of nitrogens with zero attached hydrogens (tertiary/aromatic N) is 2. The van der Waals surface area contributed by atoms with E-state index in [-0.39, 0.29) is 17.7 Å². The molecular weight excluding hydrogens is 444 g/mol. The van der Waals surface area contributed by atoms with Crippen molar-refractivity contribution >= 4 is 24.0 Å². The lowest BCUT2D eigenvalue weighted by Gasteiger charge is -2.33. The molecule has 1 fully saturated rings. The number of carbonyl (C=O) groups is 3. The van der Waals surface area contributed by atoms with E-state index in [1.807, 2.05) is 30.3 Å². The fourth-order valence-electron chi connectivity index (χ4n) is 4.81. The molecule has 0 bridgehead atoms. The molecule has 0 unspecified atom stereocenters. The van der Waals surface area contributed by atoms with E-state index in [0.29, 0.717) is 30.1 Å². The van der Waals surface area contributed by atoms with Crippen LogP contribution in [0.3, 0.4) is 0 Å². The quantitative estimate of drug-likeness (QED) is 0.242. The van der Waals surface area contributed by atoms with Crippen LogP contribution in [-0.2, 0) is 20.8 Å². The Labute approximate surface area is 207 Å². The molecule has 0 radical (unpaired) electrons. The van der Waals surface area contributed by atoms with Crippen LogP contribution < -0.4 is 10.6 Å². The second kappa shape index (κ2) is 13.6. The van der Waals surface area contributed by atoms with Crippen molar-refractivity contribution in [1.29, 1.82) is 0 Å². The third kappa shape index (κ3) is 7.89. The number of aryl methyl sites for hydroxylation is 1. The highest BCUT2D eigenvalue weighted by atomic mass is 16.5. The minimum Gasteiger partial charge on any atom is -0.344 e. The molecule has 3 N–H and O–H groups in total. The molecule has 0 aliphatic heterocycles. The zero-order chi connectivity index (χ0) is 25.0. The van der Waals surface area contributed by atoms with E-state index >= 15 is 0 Å². The molecule has 1 heterocycles. The van der Waals surface area contributed by atoms with Gasteiger partial charge in [0.1, 0.15) is 11.9 Å². The smallest absolute Gasteiger partial charge is 0.248 e. The number of pyridine rings is 1. The number of hydroxylamine groups is 2. The van der Waals surface area contributed by atoms with Crippen molar-refractivity contribution in [2.24, 2.45) is 11.8 Å². The molecule has 0 spiro atoms. The summed E-state index contributed by atoms with van der Waals surface area (Å²) in [5.41, 5.74) is 1.16. The summed E-state index contributed by atoms with van der Waals surface area (Å²) in [5, 5.41) is 16.4. The molecule has 1 aromatic heterocycles. The van der Waals surface area contributed by atoms with Gasteiger partial charge in [0.25, 0.3) is 0 Å². The van der Waals surface area contributed by atoms with Gasteiger partial charge in [-0.15, -0.1) is 0 Å². The van der Waals surface area contributed by atoms with Crippen LogP contribution in [0.25, 0.3) is 0 Å². The fourth-order valence-corrected chi connectivity index (χ4v) is 4.81. The minimum atomic E-state index is -0.728. The molecule has 8 nitrogen and oxygen atoms in total. The molecule has 1 aliphatic carbocycles. The second-order valence-corrected chi connectivity index (χ2v) is 9.30. The molecule has 3 rings (SSSR count). The Morgan fingerprint density at radius 1 is 1.09 bits per heavy atom. The summed E-state index contributed by atoms with van der Waals surface area (Å²) in [7, 11) is 0. The molecule has 188 valence electrons. The van der Waals surface area contributed by atoms with Crippen LogP contribution in [-0.4, -0.2) is 45.6 Å². The number of aromatic nitrogens is 1. The van der Waals surface area contributed by atoms with E-state index in [2.05, 4.69) is 15.6 Å². The summed E-state index contributed by atoms with van der Waals surface area (Å²) in [4.78, 5) is 42.1. The predicted octanol–water partition coefficient (Wildman–Crippen LogP) is 3.96. The predicted molar refractivity (Wildman–Crippen MR) is 133 cm³/mol. The Morgan fingerprint density at radius 2 is 1.80 bits per heavy atom. The van der Waals surface area contributed by atoms with Crippen LogP contribution in [0.2, 0.25) is 0 Å². The molecule has 3 amide bonds. The number of rotatable bonds is 12. The first-order chi connectivity index (χ1) is 17.0. The molecule has 35 heavy (non-hydrogen) atoms.